The minimum absolute atomic E-state index is 0.335. The number of likely N-dealkylation sites (tertiary alicyclic amines) is 1. The number of aliphatic imine (C=N–C) groups is 1. The van der Waals surface area contributed by atoms with Gasteiger partial charge in [-0.15, -0.1) is 0 Å². The zero-order valence-corrected chi connectivity index (χ0v) is 21.5. The number of piperidine rings is 1. The highest BCUT2D eigenvalue weighted by Crippen LogP contribution is 2.40. The molecule has 0 spiro atoms. The minimum Gasteiger partial charge on any atom is -0.493 e. The zero-order valence-electron chi connectivity index (χ0n) is 21.5. The van der Waals surface area contributed by atoms with Gasteiger partial charge >= 0.3 is 5.97 Å². The molecule has 1 aliphatic heterocycles. The van der Waals surface area contributed by atoms with E-state index in [4.69, 9.17) is 25.9 Å². The van der Waals surface area contributed by atoms with Gasteiger partial charge in [-0.05, 0) is 31.5 Å². The van der Waals surface area contributed by atoms with Crippen LogP contribution in [0.2, 0.25) is 0 Å². The van der Waals surface area contributed by atoms with E-state index in [2.05, 4.69) is 22.1 Å². The van der Waals surface area contributed by atoms with Crippen LogP contribution in [0.1, 0.15) is 18.4 Å². The molecule has 11 heteroatoms. The number of amidine groups is 1. The lowest BCUT2D eigenvalue weighted by molar-refractivity contribution is -0.129. The Kier molecular flexibility index (Phi) is 7.35. The van der Waals surface area contributed by atoms with Gasteiger partial charge in [0.15, 0.2) is 11.5 Å². The van der Waals surface area contributed by atoms with Crippen LogP contribution in [0.3, 0.4) is 0 Å². The summed E-state index contributed by atoms with van der Waals surface area (Å²) in [7, 11) is 6.99. The van der Waals surface area contributed by atoms with Gasteiger partial charge in [0.05, 0.1) is 19.7 Å². The molecule has 5 N–H and O–H groups in total. The molecule has 3 aromatic rings. The van der Waals surface area contributed by atoms with Gasteiger partial charge in [-0.2, -0.15) is 4.98 Å². The Morgan fingerprint density at radius 3 is 2.54 bits per heavy atom. The minimum atomic E-state index is -1.23. The van der Waals surface area contributed by atoms with E-state index in [1.807, 2.05) is 42.1 Å². The molecule has 37 heavy (non-hydrogen) atoms. The molecule has 0 bridgehead atoms. The molecule has 1 saturated heterocycles. The molecule has 11 nitrogen and oxygen atoms in total. The number of methoxy groups -OCH3 is 2. The van der Waals surface area contributed by atoms with Gasteiger partial charge in [-0.3, -0.25) is 4.90 Å². The Balaban J connectivity index is 1.73. The van der Waals surface area contributed by atoms with Crippen molar-refractivity contribution in [2.45, 2.75) is 24.4 Å². The number of carbonyl (C=O) groups is 1. The number of nitrogens with zero attached hydrogens (tertiary/aromatic N) is 5. The molecule has 2 atom stereocenters. The number of hydrogen-bond donors (Lipinski definition) is 3. The predicted molar refractivity (Wildman–Crippen MR) is 143 cm³/mol. The van der Waals surface area contributed by atoms with Gasteiger partial charge < -0.3 is 30.9 Å². The second-order valence-corrected chi connectivity index (χ2v) is 9.37. The third-order valence-electron chi connectivity index (χ3n) is 7.02. The van der Waals surface area contributed by atoms with Crippen LogP contribution in [0.25, 0.3) is 10.9 Å². The number of carboxylic acids is 1. The van der Waals surface area contributed by atoms with Crippen molar-refractivity contribution in [1.29, 1.82) is 0 Å². The first-order valence-corrected chi connectivity index (χ1v) is 11.9. The van der Waals surface area contributed by atoms with Crippen molar-refractivity contribution >= 4 is 34.5 Å². The molecule has 2 heterocycles. The van der Waals surface area contributed by atoms with Crippen LogP contribution >= 0.6 is 0 Å². The highest BCUT2D eigenvalue weighted by molar-refractivity contribution is 6.33. The van der Waals surface area contributed by atoms with E-state index < -0.39 is 18.0 Å². The lowest BCUT2D eigenvalue weighted by Crippen LogP contribution is -2.52. The third kappa shape index (κ3) is 5.21. The maximum absolute atomic E-state index is 11.4. The highest BCUT2D eigenvalue weighted by atomic mass is 16.5. The number of ether oxygens (including phenoxy) is 2. The van der Waals surface area contributed by atoms with Crippen molar-refractivity contribution in [3.05, 3.63) is 48.0 Å². The van der Waals surface area contributed by atoms with Gasteiger partial charge in [0.1, 0.15) is 12.0 Å². The van der Waals surface area contributed by atoms with Gasteiger partial charge in [0.25, 0.3) is 0 Å². The van der Waals surface area contributed by atoms with Crippen molar-refractivity contribution in [3.8, 4) is 11.5 Å². The monoisotopic (exact) mass is 507 g/mol. The highest BCUT2D eigenvalue weighted by Gasteiger charge is 2.41. The van der Waals surface area contributed by atoms with E-state index in [0.29, 0.717) is 53.7 Å². The second kappa shape index (κ2) is 10.5. The number of aliphatic carboxylic acids is 1. The number of rotatable bonds is 7. The van der Waals surface area contributed by atoms with Gasteiger partial charge in [-0.1, -0.05) is 30.3 Å². The Morgan fingerprint density at radius 2 is 1.89 bits per heavy atom. The first-order chi connectivity index (χ1) is 17.7. The topological polar surface area (TPSA) is 152 Å². The quantitative estimate of drug-likeness (QED) is 0.320. The van der Waals surface area contributed by atoms with Gasteiger partial charge in [-0.25, -0.2) is 14.8 Å². The summed E-state index contributed by atoms with van der Waals surface area (Å²) in [4.78, 5) is 29.1. The van der Waals surface area contributed by atoms with E-state index in [1.165, 1.54) is 0 Å². The second-order valence-electron chi connectivity index (χ2n) is 9.37. The van der Waals surface area contributed by atoms with Crippen LogP contribution in [-0.4, -0.2) is 79.3 Å². The predicted octanol–water partition coefficient (Wildman–Crippen LogP) is 2.10. The van der Waals surface area contributed by atoms with Crippen LogP contribution in [-0.2, 0) is 10.2 Å². The number of likely N-dealkylation sites (N-methyl/N-ethyl adjacent to an activating group) is 1. The molecular formula is C26H33N7O4. The Bertz CT molecular complexity index is 1320. The maximum Gasteiger partial charge on any atom is 0.371 e. The summed E-state index contributed by atoms with van der Waals surface area (Å²) in [6, 6.07) is 13.7. The molecule has 196 valence electrons. The molecule has 1 aliphatic rings. The number of carboxylic acid groups (broad SMARTS) is 1. The lowest BCUT2D eigenvalue weighted by atomic mass is 9.71. The number of fused-ring (bicyclic) bond motifs is 1. The van der Waals surface area contributed by atoms with E-state index in [-0.39, 0.29) is 5.41 Å². The van der Waals surface area contributed by atoms with E-state index in [9.17, 15) is 9.90 Å². The van der Waals surface area contributed by atoms with Crippen molar-refractivity contribution in [3.63, 3.8) is 0 Å². The molecule has 0 aliphatic carbocycles. The fourth-order valence-corrected chi connectivity index (χ4v) is 4.96. The zero-order chi connectivity index (χ0) is 26.7. The van der Waals surface area contributed by atoms with Crippen LogP contribution < -0.4 is 25.8 Å². The molecule has 1 fully saturated rings. The SMILES string of the molecule is COc1cc2nc(N(C)CC3(c4ccccc4)CCN(C)C(/N=C(\N)C(=O)O)C3)nc(N)c2cc1OC. The number of aromatic nitrogens is 2. The summed E-state index contributed by atoms with van der Waals surface area (Å²) >= 11 is 0. The summed E-state index contributed by atoms with van der Waals surface area (Å²) in [5.41, 5.74) is 13.5. The van der Waals surface area contributed by atoms with E-state index in [1.54, 1.807) is 26.4 Å². The van der Waals surface area contributed by atoms with Crippen molar-refractivity contribution in [2.75, 3.05) is 52.0 Å². The van der Waals surface area contributed by atoms with Crippen LogP contribution in [0.15, 0.2) is 47.5 Å². The first kappa shape index (κ1) is 26.0. The lowest BCUT2D eigenvalue weighted by Gasteiger charge is -2.46. The first-order valence-electron chi connectivity index (χ1n) is 11.9. The maximum atomic E-state index is 11.4. The van der Waals surface area contributed by atoms with Crippen LogP contribution in [0, 0.1) is 0 Å². The summed E-state index contributed by atoms with van der Waals surface area (Å²) in [5.74, 6) is 0.276. The molecule has 0 saturated carbocycles. The molecule has 0 radical (unpaired) electrons. The summed E-state index contributed by atoms with van der Waals surface area (Å²) in [6.07, 6.45) is 1.00. The fraction of sp³-hybridized carbons (Fsp3) is 0.385. The molecule has 2 unspecified atom stereocenters. The molecule has 0 amide bonds. The molecule has 4 rings (SSSR count). The Labute approximate surface area is 215 Å². The van der Waals surface area contributed by atoms with E-state index in [0.717, 1.165) is 12.0 Å². The van der Waals surface area contributed by atoms with Crippen LogP contribution in [0.4, 0.5) is 11.8 Å². The fourth-order valence-electron chi connectivity index (χ4n) is 4.96. The normalized spacial score (nSPS) is 20.5. The van der Waals surface area contributed by atoms with Crippen molar-refractivity contribution in [2.24, 2.45) is 10.7 Å². The third-order valence-corrected chi connectivity index (χ3v) is 7.02. The largest absolute Gasteiger partial charge is 0.493 e. The number of nitrogen functional groups attached to an aromatic ring is 1. The Morgan fingerprint density at radius 1 is 1.22 bits per heavy atom. The standard InChI is InChI=1S/C26H33N7O4/c1-32-11-10-26(16-8-6-5-7-9-16,14-21(32)30-23(28)24(34)35)15-33(2)25-29-18-13-20(37-4)19(36-3)12-17(18)22(27)31-25/h5-9,12-13,21H,10-11,14-15H2,1-4H3,(H2,28,30)(H,34,35)(H2,27,29,31). The molecular weight excluding hydrogens is 474 g/mol. The van der Waals surface area contributed by atoms with E-state index >= 15 is 0 Å². The summed E-state index contributed by atoms with van der Waals surface area (Å²) in [5, 5.41) is 9.97. The van der Waals surface area contributed by atoms with Crippen molar-refractivity contribution in [1.82, 2.24) is 14.9 Å². The molecule has 2 aromatic carbocycles. The van der Waals surface area contributed by atoms with Gasteiger partial charge in [0, 0.05) is 37.0 Å². The summed E-state index contributed by atoms with van der Waals surface area (Å²) < 4.78 is 10.8. The smallest absolute Gasteiger partial charge is 0.371 e. The average Bonchev–Trinajstić information content (AvgIpc) is 2.90. The molecule has 1 aromatic heterocycles. The summed E-state index contributed by atoms with van der Waals surface area (Å²) in [6.45, 7) is 1.27. The number of nitrogens with two attached hydrogens (primary N) is 2. The average molecular weight is 508 g/mol. The van der Waals surface area contributed by atoms with Gasteiger partial charge in [0.2, 0.25) is 11.8 Å². The van der Waals surface area contributed by atoms with Crippen LogP contribution in [0.5, 0.6) is 11.5 Å². The Hall–Kier alpha value is -4.12. The number of hydrogen-bond acceptors (Lipinski definition) is 9. The number of benzene rings is 2. The van der Waals surface area contributed by atoms with Crippen molar-refractivity contribution < 1.29 is 19.4 Å². The number of anilines is 2.